The van der Waals surface area contributed by atoms with Crippen LogP contribution in [-0.2, 0) is 13.6 Å². The maximum Gasteiger partial charge on any atom is 0.697 e. The van der Waals surface area contributed by atoms with Crippen molar-refractivity contribution in [3.8, 4) is 0 Å². The van der Waals surface area contributed by atoms with E-state index >= 15 is 0 Å². The van der Waals surface area contributed by atoms with Gasteiger partial charge in [0.1, 0.15) is 13.2 Å². The molecular weight excluding hydrogens is 268 g/mol. The van der Waals surface area contributed by atoms with Crippen molar-refractivity contribution >= 4 is 59.6 Å². The van der Waals surface area contributed by atoms with Gasteiger partial charge in [0.25, 0.3) is 0 Å². The summed E-state index contributed by atoms with van der Waals surface area (Å²) in [5, 5.41) is 3.03. The molecule has 0 amide bonds. The van der Waals surface area contributed by atoms with Gasteiger partial charge < -0.3 is 16.8 Å². The molecule has 8 heteroatoms. The zero-order valence-electron chi connectivity index (χ0n) is 10.7. The van der Waals surface area contributed by atoms with Crippen LogP contribution in [0.3, 0.4) is 0 Å². The molecule has 0 aromatic heterocycles. The summed E-state index contributed by atoms with van der Waals surface area (Å²) in [6.45, 7) is 4.29. The summed E-state index contributed by atoms with van der Waals surface area (Å²) >= 11 is 0. The van der Waals surface area contributed by atoms with Crippen molar-refractivity contribution in [1.29, 1.82) is 0 Å². The number of nitrogens with one attached hydrogen (secondary N) is 1. The summed E-state index contributed by atoms with van der Waals surface area (Å²) in [5.41, 5.74) is 10.3. The predicted octanol–water partition coefficient (Wildman–Crippen LogP) is -0.0265. The Labute approximate surface area is 147 Å². The van der Waals surface area contributed by atoms with E-state index in [0.29, 0.717) is 26.3 Å². The zero-order chi connectivity index (χ0) is 12.1. The molecule has 0 atom stereocenters. The summed E-state index contributed by atoms with van der Waals surface area (Å²) in [7, 11) is -1.79. The second-order valence-corrected chi connectivity index (χ2v) is 4.24. The summed E-state index contributed by atoms with van der Waals surface area (Å²) in [4.78, 5) is 0. The SMILES string of the molecule is NCCNCCN.O=[P+]1OCCCCCO1.[K]. The third-order valence-corrected chi connectivity index (χ3v) is 2.61. The topological polar surface area (TPSA) is 99.6 Å². The van der Waals surface area contributed by atoms with Crippen LogP contribution in [0.1, 0.15) is 19.3 Å². The quantitative estimate of drug-likeness (QED) is 0.382. The fraction of sp³-hybridized carbons (Fsp3) is 1.00. The normalized spacial score (nSPS) is 16.0. The monoisotopic (exact) mass is 291 g/mol. The van der Waals surface area contributed by atoms with Gasteiger partial charge in [0, 0.05) is 82.1 Å². The molecule has 5 N–H and O–H groups in total. The molecule has 0 saturated carbocycles. The van der Waals surface area contributed by atoms with Gasteiger partial charge in [-0.2, -0.15) is 0 Å². The number of hydrogen-bond donors (Lipinski definition) is 3. The van der Waals surface area contributed by atoms with Crippen LogP contribution in [0.25, 0.3) is 0 Å². The zero-order valence-corrected chi connectivity index (χ0v) is 14.7. The van der Waals surface area contributed by atoms with Gasteiger partial charge in [-0.1, -0.05) is 0 Å². The first-order chi connectivity index (χ1) is 7.81. The minimum absolute atomic E-state index is 0. The summed E-state index contributed by atoms with van der Waals surface area (Å²) in [6.07, 6.45) is 3.12. The van der Waals surface area contributed by atoms with Crippen molar-refractivity contribution < 1.29 is 13.6 Å². The number of nitrogens with two attached hydrogens (primary N) is 2. The first-order valence-electron chi connectivity index (χ1n) is 5.65. The van der Waals surface area contributed by atoms with Crippen molar-refractivity contribution in [1.82, 2.24) is 5.32 Å². The van der Waals surface area contributed by atoms with E-state index in [1.165, 1.54) is 0 Å². The largest absolute Gasteiger partial charge is 0.697 e. The number of hydrogen-bond acceptors (Lipinski definition) is 6. The number of rotatable bonds is 4. The molecular formula is C9H23KN3O3P+. The van der Waals surface area contributed by atoms with Gasteiger partial charge in [-0.25, -0.2) is 0 Å². The molecule has 1 aliphatic heterocycles. The van der Waals surface area contributed by atoms with Gasteiger partial charge in [-0.05, 0) is 19.3 Å². The molecule has 1 rings (SSSR count). The molecule has 0 unspecified atom stereocenters. The molecule has 1 saturated heterocycles. The standard InChI is InChI=1S/C5H10O3P.C4H13N3.K/c6-9-7-4-2-1-3-5-8-9;5-1-3-7-4-2-6;/h1-5H2;7H,1-6H2;/q+1;;. The van der Waals surface area contributed by atoms with E-state index < -0.39 is 8.25 Å². The van der Waals surface area contributed by atoms with Crippen LogP contribution in [0, 0.1) is 0 Å². The second kappa shape index (κ2) is 17.5. The molecule has 6 nitrogen and oxygen atoms in total. The Hall–Kier alpha value is 1.54. The van der Waals surface area contributed by atoms with Crippen LogP contribution in [0.4, 0.5) is 0 Å². The third-order valence-electron chi connectivity index (χ3n) is 1.82. The molecule has 1 fully saturated rings. The Morgan fingerprint density at radius 1 is 1.00 bits per heavy atom. The van der Waals surface area contributed by atoms with Gasteiger partial charge in [-0.15, -0.1) is 9.05 Å². The van der Waals surface area contributed by atoms with Crippen molar-refractivity contribution in [2.24, 2.45) is 11.5 Å². The molecule has 17 heavy (non-hydrogen) atoms. The fourth-order valence-corrected chi connectivity index (χ4v) is 1.66. The second-order valence-electron chi connectivity index (χ2n) is 3.28. The Morgan fingerprint density at radius 2 is 1.47 bits per heavy atom. The maximum absolute atomic E-state index is 10.5. The predicted molar refractivity (Wildman–Crippen MR) is 70.1 cm³/mol. The van der Waals surface area contributed by atoms with E-state index in [4.69, 9.17) is 20.5 Å². The first kappa shape index (κ1) is 20.8. The van der Waals surface area contributed by atoms with Crippen LogP contribution in [0.15, 0.2) is 0 Å². The van der Waals surface area contributed by atoms with E-state index in [9.17, 15) is 4.57 Å². The molecule has 0 spiro atoms. The van der Waals surface area contributed by atoms with Crippen LogP contribution < -0.4 is 16.8 Å². The molecule has 97 valence electrons. The first-order valence-corrected chi connectivity index (χ1v) is 6.74. The Kier molecular flexibility index (Phi) is 21.5. The fourth-order valence-electron chi connectivity index (χ4n) is 1.03. The smallest absolute Gasteiger partial charge is 0.329 e. The molecule has 1 aliphatic rings. The van der Waals surface area contributed by atoms with Gasteiger partial charge in [0.2, 0.25) is 0 Å². The van der Waals surface area contributed by atoms with Crippen molar-refractivity contribution in [2.45, 2.75) is 19.3 Å². The van der Waals surface area contributed by atoms with E-state index in [2.05, 4.69) is 5.32 Å². The van der Waals surface area contributed by atoms with Crippen molar-refractivity contribution in [2.75, 3.05) is 39.4 Å². The molecule has 0 aromatic carbocycles. The van der Waals surface area contributed by atoms with Gasteiger partial charge in [-0.3, -0.25) is 0 Å². The Morgan fingerprint density at radius 3 is 1.88 bits per heavy atom. The van der Waals surface area contributed by atoms with Crippen molar-refractivity contribution in [3.63, 3.8) is 0 Å². The van der Waals surface area contributed by atoms with Crippen LogP contribution >= 0.6 is 8.25 Å². The van der Waals surface area contributed by atoms with Crippen LogP contribution in [0.5, 0.6) is 0 Å². The minimum Gasteiger partial charge on any atom is -0.329 e. The van der Waals surface area contributed by atoms with E-state index in [-0.39, 0.29) is 51.4 Å². The summed E-state index contributed by atoms with van der Waals surface area (Å²) in [6, 6.07) is 0. The van der Waals surface area contributed by atoms with Crippen molar-refractivity contribution in [3.05, 3.63) is 0 Å². The van der Waals surface area contributed by atoms with E-state index in [0.717, 1.165) is 32.4 Å². The summed E-state index contributed by atoms with van der Waals surface area (Å²) < 4.78 is 20.1. The van der Waals surface area contributed by atoms with Crippen LogP contribution in [-0.4, -0.2) is 90.8 Å². The van der Waals surface area contributed by atoms with Gasteiger partial charge >= 0.3 is 8.25 Å². The molecule has 1 heterocycles. The van der Waals surface area contributed by atoms with Crippen LogP contribution in [0.2, 0.25) is 0 Å². The van der Waals surface area contributed by atoms with E-state index in [1.807, 2.05) is 0 Å². The minimum atomic E-state index is -1.79. The Bertz CT molecular complexity index is 164. The molecule has 0 aromatic rings. The molecule has 1 radical (unpaired) electrons. The molecule has 0 aliphatic carbocycles. The Balaban J connectivity index is 0. The average molecular weight is 291 g/mol. The molecule has 0 bridgehead atoms. The maximum atomic E-state index is 10.5. The van der Waals surface area contributed by atoms with Gasteiger partial charge in [0.15, 0.2) is 0 Å². The van der Waals surface area contributed by atoms with Gasteiger partial charge in [0.05, 0.1) is 0 Å². The summed E-state index contributed by atoms with van der Waals surface area (Å²) in [5.74, 6) is 0. The van der Waals surface area contributed by atoms with E-state index in [1.54, 1.807) is 0 Å². The average Bonchev–Trinajstić information content (AvgIpc) is 2.25. The third kappa shape index (κ3) is 17.5.